The smallest absolute Gasteiger partial charge is 0.408 e. The Hall–Kier alpha value is -2.65. The first-order valence-corrected chi connectivity index (χ1v) is 8.93. The van der Waals surface area contributed by atoms with Gasteiger partial charge in [0.2, 0.25) is 0 Å². The van der Waals surface area contributed by atoms with Crippen LogP contribution in [0.1, 0.15) is 18.1 Å². The fourth-order valence-corrected chi connectivity index (χ4v) is 4.52. The zero-order valence-corrected chi connectivity index (χ0v) is 13.6. The van der Waals surface area contributed by atoms with E-state index in [2.05, 4.69) is 4.98 Å². The second-order valence-electron chi connectivity index (χ2n) is 5.76. The van der Waals surface area contributed by atoms with Crippen LogP contribution < -0.4 is 10.1 Å². The molecule has 25 heavy (non-hydrogen) atoms. The van der Waals surface area contributed by atoms with Gasteiger partial charge in [0, 0.05) is 18.2 Å². The van der Waals surface area contributed by atoms with Crippen molar-refractivity contribution in [2.75, 3.05) is 10.8 Å². The molecule has 3 aromatic rings. The van der Waals surface area contributed by atoms with Gasteiger partial charge in [-0.2, -0.15) is 0 Å². The Balaban J connectivity index is 1.85. The lowest BCUT2D eigenvalue weighted by Gasteiger charge is -2.32. The Kier molecular flexibility index (Phi) is 3.44. The van der Waals surface area contributed by atoms with Crippen molar-refractivity contribution in [2.45, 2.75) is 17.4 Å². The molecule has 1 atom stereocenters. The summed E-state index contributed by atoms with van der Waals surface area (Å²) < 4.78 is 45.5. The predicted molar refractivity (Wildman–Crippen MR) is 87.3 cm³/mol. The third kappa shape index (κ3) is 2.52. The van der Waals surface area contributed by atoms with Crippen molar-refractivity contribution in [3.05, 3.63) is 58.3 Å². The van der Waals surface area contributed by atoms with Gasteiger partial charge in [-0.15, -0.1) is 0 Å². The van der Waals surface area contributed by atoms with Gasteiger partial charge in [-0.05, 0) is 36.8 Å². The van der Waals surface area contributed by atoms with Crippen molar-refractivity contribution in [1.29, 1.82) is 0 Å². The summed E-state index contributed by atoms with van der Waals surface area (Å²) in [6, 6.07) is 7.68. The number of fused-ring (bicyclic) bond motifs is 2. The standard InChI is InChI=1S/C16H13FN2O5S/c17-9-1-4-13-11(7-9)14(20)5-6-19(13)25(22,23)10-2-3-12-15(8-10)24-16(21)18-12/h1-4,7-8,14,20H,5-6H2,(H,18,21). The maximum atomic E-state index is 13.5. The molecule has 4 rings (SSSR count). The Morgan fingerprint density at radius 3 is 2.84 bits per heavy atom. The van der Waals surface area contributed by atoms with Crippen LogP contribution in [-0.2, 0) is 10.0 Å². The van der Waals surface area contributed by atoms with Crippen LogP contribution in [0.25, 0.3) is 11.1 Å². The average molecular weight is 364 g/mol. The molecule has 2 heterocycles. The highest BCUT2D eigenvalue weighted by molar-refractivity contribution is 7.92. The summed E-state index contributed by atoms with van der Waals surface area (Å²) in [7, 11) is -3.97. The highest BCUT2D eigenvalue weighted by Crippen LogP contribution is 2.37. The van der Waals surface area contributed by atoms with Gasteiger partial charge in [-0.25, -0.2) is 17.6 Å². The number of nitrogens with zero attached hydrogens (tertiary/aromatic N) is 1. The molecule has 0 aliphatic carbocycles. The number of anilines is 1. The molecular weight excluding hydrogens is 351 g/mol. The molecule has 1 unspecified atom stereocenters. The van der Waals surface area contributed by atoms with Crippen LogP contribution in [0.15, 0.2) is 50.5 Å². The molecule has 0 bridgehead atoms. The van der Waals surface area contributed by atoms with Crippen LogP contribution in [0.3, 0.4) is 0 Å². The number of benzene rings is 2. The minimum atomic E-state index is -3.97. The minimum absolute atomic E-state index is 0.0528. The molecule has 9 heteroatoms. The van der Waals surface area contributed by atoms with Gasteiger partial charge in [0.25, 0.3) is 10.0 Å². The second kappa shape index (κ2) is 5.43. The maximum absolute atomic E-state index is 13.5. The normalized spacial score (nSPS) is 17.7. The first kappa shape index (κ1) is 15.9. The summed E-state index contributed by atoms with van der Waals surface area (Å²) in [5.74, 6) is -1.22. The predicted octanol–water partition coefficient (Wildman–Crippen LogP) is 1.89. The largest absolute Gasteiger partial charge is 0.417 e. The van der Waals surface area contributed by atoms with Crippen LogP contribution in [0.4, 0.5) is 10.1 Å². The SMILES string of the molecule is O=c1[nH]c2ccc(S(=O)(=O)N3CCC(O)c4cc(F)ccc43)cc2o1. The number of sulfonamides is 1. The van der Waals surface area contributed by atoms with Gasteiger partial charge in [-0.1, -0.05) is 0 Å². The van der Waals surface area contributed by atoms with Gasteiger partial charge in [-0.3, -0.25) is 9.29 Å². The second-order valence-corrected chi connectivity index (χ2v) is 7.62. The van der Waals surface area contributed by atoms with Crippen LogP contribution in [0, 0.1) is 5.82 Å². The molecule has 2 aromatic carbocycles. The molecule has 0 radical (unpaired) electrons. The molecule has 0 amide bonds. The molecule has 0 fully saturated rings. The number of aromatic amines is 1. The molecule has 2 N–H and O–H groups in total. The Morgan fingerprint density at radius 1 is 1.24 bits per heavy atom. The fraction of sp³-hybridized carbons (Fsp3) is 0.188. The Bertz CT molecular complexity index is 1130. The highest BCUT2D eigenvalue weighted by atomic mass is 32.2. The summed E-state index contributed by atoms with van der Waals surface area (Å²) in [6.45, 7) is 0.0528. The topological polar surface area (TPSA) is 104 Å². The molecule has 0 saturated heterocycles. The fourth-order valence-electron chi connectivity index (χ4n) is 3.00. The van der Waals surface area contributed by atoms with E-state index in [9.17, 15) is 22.7 Å². The van der Waals surface area contributed by atoms with Gasteiger partial charge in [0.1, 0.15) is 5.82 Å². The number of oxazole rings is 1. The van der Waals surface area contributed by atoms with Crippen molar-refractivity contribution < 1.29 is 22.3 Å². The van der Waals surface area contributed by atoms with Gasteiger partial charge in [0.15, 0.2) is 5.58 Å². The summed E-state index contributed by atoms with van der Waals surface area (Å²) in [5.41, 5.74) is 0.975. The van der Waals surface area contributed by atoms with Crippen LogP contribution in [-0.4, -0.2) is 25.1 Å². The van der Waals surface area contributed by atoms with Crippen LogP contribution in [0.2, 0.25) is 0 Å². The molecule has 1 aromatic heterocycles. The minimum Gasteiger partial charge on any atom is -0.408 e. The van der Waals surface area contributed by atoms with E-state index in [4.69, 9.17) is 4.42 Å². The lowest BCUT2D eigenvalue weighted by molar-refractivity contribution is 0.166. The van der Waals surface area contributed by atoms with Crippen molar-refractivity contribution in [2.24, 2.45) is 0 Å². The van der Waals surface area contributed by atoms with E-state index in [-0.39, 0.29) is 34.7 Å². The number of aliphatic hydroxyl groups is 1. The lowest BCUT2D eigenvalue weighted by Crippen LogP contribution is -2.36. The molecule has 0 saturated carbocycles. The van der Waals surface area contributed by atoms with E-state index < -0.39 is 27.7 Å². The van der Waals surface area contributed by atoms with Gasteiger partial charge in [0.05, 0.1) is 22.2 Å². The first-order valence-electron chi connectivity index (χ1n) is 7.49. The summed E-state index contributed by atoms with van der Waals surface area (Å²) in [5, 5.41) is 10.0. The quantitative estimate of drug-likeness (QED) is 0.723. The van der Waals surface area contributed by atoms with E-state index >= 15 is 0 Å². The molecule has 130 valence electrons. The molecule has 0 spiro atoms. The summed E-state index contributed by atoms with van der Waals surface area (Å²) in [6.07, 6.45) is -0.778. The number of halogens is 1. The number of aliphatic hydroxyl groups excluding tert-OH is 1. The number of nitrogens with one attached hydrogen (secondary N) is 1. The third-order valence-corrected chi connectivity index (χ3v) is 6.01. The lowest BCUT2D eigenvalue weighted by atomic mass is 10.0. The monoisotopic (exact) mass is 364 g/mol. The Morgan fingerprint density at radius 2 is 2.04 bits per heavy atom. The molecule has 1 aliphatic rings. The molecule has 7 nitrogen and oxygen atoms in total. The highest BCUT2D eigenvalue weighted by Gasteiger charge is 2.33. The summed E-state index contributed by atoms with van der Waals surface area (Å²) in [4.78, 5) is 13.6. The Labute approximate surface area is 141 Å². The zero-order valence-electron chi connectivity index (χ0n) is 12.8. The van der Waals surface area contributed by atoms with Gasteiger partial charge < -0.3 is 9.52 Å². The van der Waals surface area contributed by atoms with Crippen molar-refractivity contribution in [1.82, 2.24) is 4.98 Å². The van der Waals surface area contributed by atoms with E-state index in [1.165, 1.54) is 24.3 Å². The van der Waals surface area contributed by atoms with Crippen molar-refractivity contribution in [3.8, 4) is 0 Å². The average Bonchev–Trinajstić information content (AvgIpc) is 2.94. The number of H-pyrrole nitrogens is 1. The van der Waals surface area contributed by atoms with Gasteiger partial charge >= 0.3 is 5.76 Å². The zero-order chi connectivity index (χ0) is 17.8. The van der Waals surface area contributed by atoms with Crippen LogP contribution in [0.5, 0.6) is 0 Å². The van der Waals surface area contributed by atoms with E-state index in [1.54, 1.807) is 0 Å². The van der Waals surface area contributed by atoms with Crippen molar-refractivity contribution >= 4 is 26.8 Å². The van der Waals surface area contributed by atoms with E-state index in [0.717, 1.165) is 16.4 Å². The number of rotatable bonds is 2. The summed E-state index contributed by atoms with van der Waals surface area (Å²) >= 11 is 0. The molecule has 1 aliphatic heterocycles. The number of hydrogen-bond donors (Lipinski definition) is 2. The number of aromatic nitrogens is 1. The van der Waals surface area contributed by atoms with E-state index in [0.29, 0.717) is 5.52 Å². The first-order chi connectivity index (χ1) is 11.9. The maximum Gasteiger partial charge on any atom is 0.417 e. The number of hydrogen-bond acceptors (Lipinski definition) is 5. The van der Waals surface area contributed by atoms with E-state index in [1.807, 2.05) is 0 Å². The van der Waals surface area contributed by atoms with Crippen molar-refractivity contribution in [3.63, 3.8) is 0 Å². The third-order valence-electron chi connectivity index (χ3n) is 4.20. The molecular formula is C16H13FN2O5S. The van der Waals surface area contributed by atoms with Crippen LogP contribution >= 0.6 is 0 Å².